The number of benzene rings is 4. The van der Waals surface area contributed by atoms with Crippen LogP contribution in [0.3, 0.4) is 0 Å². The lowest BCUT2D eigenvalue weighted by atomic mass is 9.68. The maximum absolute atomic E-state index is 15.3. The fraction of sp³-hybridized carbons (Fsp3) is 0.167. The summed E-state index contributed by atoms with van der Waals surface area (Å²) in [5.41, 5.74) is 19.1. The van der Waals surface area contributed by atoms with E-state index in [1.54, 1.807) is 17.2 Å². The normalized spacial score (nSPS) is 16.9. The topological polar surface area (TPSA) is 162 Å². The molecule has 4 heterocycles. The lowest BCUT2D eigenvalue weighted by molar-refractivity contribution is -0.121. The van der Waals surface area contributed by atoms with E-state index >= 15 is 4.79 Å². The van der Waals surface area contributed by atoms with Crippen LogP contribution in [0.4, 0.5) is 11.4 Å². The fourth-order valence-electron chi connectivity index (χ4n) is 7.13. The highest BCUT2D eigenvalue weighted by Gasteiger charge is 2.60. The minimum Gasteiger partial charge on any atom is -0.438 e. The number of para-hydroxylation sites is 4. The Kier molecular flexibility index (Phi) is 6.23. The molecule has 2 aromatic heterocycles. The number of nitrogen functional groups attached to an aromatic ring is 1. The number of anilines is 2. The van der Waals surface area contributed by atoms with Crippen molar-refractivity contribution in [1.29, 1.82) is 5.26 Å². The molecule has 0 radical (unpaired) electrons. The first-order chi connectivity index (χ1) is 22.9. The number of ether oxygens (including phenoxy) is 1. The Hall–Kier alpha value is -6.28. The molecular weight excluding hydrogens is 590 g/mol. The summed E-state index contributed by atoms with van der Waals surface area (Å²) >= 11 is 0. The van der Waals surface area contributed by atoms with Gasteiger partial charge in [0.05, 0.1) is 57.4 Å². The van der Waals surface area contributed by atoms with E-state index in [2.05, 4.69) is 42.4 Å². The van der Waals surface area contributed by atoms with Crippen LogP contribution in [0.15, 0.2) is 90.4 Å². The maximum Gasteiger partial charge on any atom is 0.248 e. The summed E-state index contributed by atoms with van der Waals surface area (Å²) in [4.78, 5) is 26.8. The highest BCUT2D eigenvalue weighted by atomic mass is 16.5. The molecule has 11 nitrogen and oxygen atoms in total. The van der Waals surface area contributed by atoms with Crippen molar-refractivity contribution in [1.82, 2.24) is 25.0 Å². The Morgan fingerprint density at radius 2 is 1.62 bits per heavy atom. The third kappa shape index (κ3) is 3.81. The molecule has 8 rings (SSSR count). The Morgan fingerprint density at radius 1 is 0.915 bits per heavy atom. The van der Waals surface area contributed by atoms with E-state index in [1.807, 2.05) is 59.3 Å². The van der Waals surface area contributed by atoms with Crippen LogP contribution in [0, 0.1) is 11.3 Å². The van der Waals surface area contributed by atoms with Crippen molar-refractivity contribution < 1.29 is 9.53 Å². The summed E-state index contributed by atoms with van der Waals surface area (Å²) in [5, 5.41) is 19.4. The van der Waals surface area contributed by atoms with Crippen LogP contribution >= 0.6 is 0 Å². The van der Waals surface area contributed by atoms with E-state index in [4.69, 9.17) is 26.2 Å². The third-order valence-electron chi connectivity index (χ3n) is 9.22. The molecule has 0 saturated carbocycles. The van der Waals surface area contributed by atoms with E-state index < -0.39 is 11.3 Å². The van der Waals surface area contributed by atoms with Crippen LogP contribution < -0.4 is 21.1 Å². The van der Waals surface area contributed by atoms with E-state index in [9.17, 15) is 5.26 Å². The number of rotatable bonds is 5. The molecule has 0 bridgehead atoms. The molecule has 4 aromatic carbocycles. The van der Waals surface area contributed by atoms with Crippen LogP contribution in [0.25, 0.3) is 27.8 Å². The van der Waals surface area contributed by atoms with Gasteiger partial charge in [0, 0.05) is 11.3 Å². The van der Waals surface area contributed by atoms with E-state index in [0.29, 0.717) is 44.6 Å². The van der Waals surface area contributed by atoms with Gasteiger partial charge in [-0.15, -0.1) is 5.10 Å². The lowest BCUT2D eigenvalue weighted by Gasteiger charge is -2.35. The zero-order valence-electron chi connectivity index (χ0n) is 25.7. The molecule has 4 N–H and O–H groups in total. The van der Waals surface area contributed by atoms with Crippen molar-refractivity contribution in [2.45, 2.75) is 38.6 Å². The molecule has 1 atom stereocenters. The summed E-state index contributed by atoms with van der Waals surface area (Å²) in [6, 6.07) is 25.0. The number of aryl methyl sites for hydroxylation is 2. The average Bonchev–Trinajstić information content (AvgIpc) is 3.65. The van der Waals surface area contributed by atoms with Gasteiger partial charge < -0.3 is 21.1 Å². The molecule has 2 aliphatic rings. The van der Waals surface area contributed by atoms with Crippen molar-refractivity contribution in [2.24, 2.45) is 5.73 Å². The second-order valence-electron chi connectivity index (χ2n) is 11.6. The van der Waals surface area contributed by atoms with E-state index in [1.165, 1.54) is 0 Å². The highest BCUT2D eigenvalue weighted by molar-refractivity contribution is 6.16. The van der Waals surface area contributed by atoms with Crippen molar-refractivity contribution >= 4 is 39.3 Å². The number of aromatic nitrogens is 5. The van der Waals surface area contributed by atoms with Crippen LogP contribution in [-0.4, -0.2) is 30.9 Å². The van der Waals surface area contributed by atoms with Gasteiger partial charge in [-0.05, 0) is 48.2 Å². The van der Waals surface area contributed by atoms with Crippen LogP contribution in [0.1, 0.15) is 41.8 Å². The number of carbonyl (C=O) groups excluding carboxylic acids is 1. The fourth-order valence-corrected chi connectivity index (χ4v) is 7.13. The Balaban J connectivity index is 1.39. The van der Waals surface area contributed by atoms with Crippen molar-refractivity contribution in [3.63, 3.8) is 0 Å². The minimum absolute atomic E-state index is 0.0389. The van der Waals surface area contributed by atoms with Gasteiger partial charge >= 0.3 is 0 Å². The molecule has 0 aliphatic carbocycles. The highest BCUT2D eigenvalue weighted by Crippen LogP contribution is 2.58. The molecule has 11 heteroatoms. The second kappa shape index (κ2) is 10.4. The molecular formula is C36H29N9O2. The number of hydrogen-bond donors (Lipinski definition) is 2. The molecule has 6 aromatic rings. The number of nitriles is 1. The number of amides is 1. The molecule has 1 spiro atoms. The maximum atomic E-state index is 15.3. The predicted molar refractivity (Wildman–Crippen MR) is 177 cm³/mol. The largest absolute Gasteiger partial charge is 0.438 e. The summed E-state index contributed by atoms with van der Waals surface area (Å²) < 4.78 is 7.87. The van der Waals surface area contributed by atoms with Gasteiger partial charge in [-0.25, -0.2) is 14.6 Å². The van der Waals surface area contributed by atoms with Gasteiger partial charge in [0.2, 0.25) is 11.8 Å². The molecule has 0 saturated heterocycles. The van der Waals surface area contributed by atoms with Gasteiger partial charge in [-0.3, -0.25) is 4.79 Å². The first-order valence-electron chi connectivity index (χ1n) is 15.4. The number of carbonyl (C=O) groups is 1. The quantitative estimate of drug-likeness (QED) is 0.200. The van der Waals surface area contributed by atoms with E-state index in [-0.39, 0.29) is 29.4 Å². The molecule has 1 unspecified atom stereocenters. The summed E-state index contributed by atoms with van der Waals surface area (Å²) in [6.07, 6.45) is 3.27. The SMILES string of the molecule is CCc1cccc(CC)c1-n1nncc1CN1C(=O)C2(C(C#N)=C(N)Oc3c(N)cc4nc5ccccc5nc4c32)c2ccccc21. The monoisotopic (exact) mass is 619 g/mol. The zero-order chi connectivity index (χ0) is 32.4. The molecule has 230 valence electrons. The number of fused-ring (bicyclic) bond motifs is 7. The van der Waals surface area contributed by atoms with Gasteiger partial charge in [0.1, 0.15) is 17.1 Å². The van der Waals surface area contributed by atoms with Crippen LogP contribution in [-0.2, 0) is 29.6 Å². The lowest BCUT2D eigenvalue weighted by Crippen LogP contribution is -2.46. The van der Waals surface area contributed by atoms with Gasteiger partial charge in [-0.2, -0.15) is 5.26 Å². The smallest absolute Gasteiger partial charge is 0.248 e. The van der Waals surface area contributed by atoms with Crippen LogP contribution in [0.5, 0.6) is 5.75 Å². The second-order valence-corrected chi connectivity index (χ2v) is 11.6. The van der Waals surface area contributed by atoms with Crippen molar-refractivity contribution in [2.75, 3.05) is 10.6 Å². The third-order valence-corrected chi connectivity index (χ3v) is 9.22. The summed E-state index contributed by atoms with van der Waals surface area (Å²) in [7, 11) is 0. The van der Waals surface area contributed by atoms with Gasteiger partial charge in [0.25, 0.3) is 0 Å². The Labute approximate surface area is 269 Å². The standard InChI is InChI=1S/C36H29N9O2/c1-3-20-10-9-11-21(4-2)32(20)45-22(18-40-43-45)19-44-29-15-8-5-12-23(29)36(35(44)46)24(17-37)34(39)47-33-25(38)16-28-31(30(33)36)42-27-14-7-6-13-26(27)41-28/h5-16,18H,3-4,19,38-39H2,1-2H3. The number of hydrogen-bond acceptors (Lipinski definition) is 9. The number of nitrogens with zero attached hydrogens (tertiary/aromatic N) is 7. The Morgan fingerprint density at radius 3 is 2.34 bits per heavy atom. The van der Waals surface area contributed by atoms with Crippen molar-refractivity contribution in [3.8, 4) is 17.5 Å². The van der Waals surface area contributed by atoms with Gasteiger partial charge in [0.15, 0.2) is 5.75 Å². The molecule has 47 heavy (non-hydrogen) atoms. The zero-order valence-corrected chi connectivity index (χ0v) is 25.7. The summed E-state index contributed by atoms with van der Waals surface area (Å²) in [6.45, 7) is 4.32. The average molecular weight is 620 g/mol. The summed E-state index contributed by atoms with van der Waals surface area (Å²) in [5.74, 6) is -0.405. The first-order valence-corrected chi connectivity index (χ1v) is 15.4. The predicted octanol–water partition coefficient (Wildman–Crippen LogP) is 4.99. The number of nitrogens with two attached hydrogens (primary N) is 2. The van der Waals surface area contributed by atoms with Crippen molar-refractivity contribution in [3.05, 3.63) is 118 Å². The Bertz CT molecular complexity index is 2350. The van der Waals surface area contributed by atoms with E-state index in [0.717, 1.165) is 29.7 Å². The molecule has 1 amide bonds. The van der Waals surface area contributed by atoms with Crippen LogP contribution in [0.2, 0.25) is 0 Å². The first kappa shape index (κ1) is 28.2. The molecule has 2 aliphatic heterocycles. The molecule has 0 fully saturated rings. The van der Waals surface area contributed by atoms with Gasteiger partial charge in [-0.1, -0.05) is 67.6 Å². The minimum atomic E-state index is -1.71.